The molecule has 106 valence electrons. The number of nitrogens with one attached hydrogen (secondary N) is 1. The van der Waals surface area contributed by atoms with Crippen molar-refractivity contribution in [3.05, 3.63) is 47.5 Å². The van der Waals surface area contributed by atoms with Crippen LogP contribution < -0.4 is 4.72 Å². The van der Waals surface area contributed by atoms with Gasteiger partial charge in [-0.3, -0.25) is 4.72 Å². The quantitative estimate of drug-likeness (QED) is 0.811. The number of aryl methyl sites for hydroxylation is 2. The van der Waals surface area contributed by atoms with Gasteiger partial charge in [-0.05, 0) is 49.2 Å². The van der Waals surface area contributed by atoms with Crippen molar-refractivity contribution in [2.24, 2.45) is 0 Å². The standard InChI is InChI=1S/C14H15NO4S/c1-9-3-4-11(8-14(9)17)15-20(18,19)12-5-6-13(16)10(2)7-12/h3-8,15-17H,1-2H3. The van der Waals surface area contributed by atoms with Gasteiger partial charge < -0.3 is 10.2 Å². The van der Waals surface area contributed by atoms with Crippen LogP contribution in [-0.4, -0.2) is 18.6 Å². The first-order valence-corrected chi connectivity index (χ1v) is 7.40. The zero-order valence-corrected chi connectivity index (χ0v) is 11.9. The third-order valence-corrected chi connectivity index (χ3v) is 4.32. The van der Waals surface area contributed by atoms with Crippen molar-refractivity contribution in [1.29, 1.82) is 0 Å². The molecule has 0 aliphatic carbocycles. The molecule has 0 saturated carbocycles. The van der Waals surface area contributed by atoms with Crippen molar-refractivity contribution in [2.75, 3.05) is 4.72 Å². The normalized spacial score (nSPS) is 11.3. The topological polar surface area (TPSA) is 86.6 Å². The molecule has 2 rings (SSSR count). The van der Waals surface area contributed by atoms with Gasteiger partial charge >= 0.3 is 0 Å². The Morgan fingerprint density at radius 3 is 2.20 bits per heavy atom. The number of phenols is 2. The smallest absolute Gasteiger partial charge is 0.261 e. The third-order valence-electron chi connectivity index (χ3n) is 2.94. The van der Waals surface area contributed by atoms with Crippen molar-refractivity contribution in [1.82, 2.24) is 0 Å². The summed E-state index contributed by atoms with van der Waals surface area (Å²) in [4.78, 5) is 0.0489. The van der Waals surface area contributed by atoms with Gasteiger partial charge in [0, 0.05) is 6.07 Å². The van der Waals surface area contributed by atoms with E-state index in [1.165, 1.54) is 24.3 Å². The van der Waals surface area contributed by atoms with Gasteiger partial charge in [0.2, 0.25) is 0 Å². The van der Waals surface area contributed by atoms with E-state index in [1.807, 2.05) is 0 Å². The van der Waals surface area contributed by atoms with E-state index < -0.39 is 10.0 Å². The number of anilines is 1. The molecular weight excluding hydrogens is 278 g/mol. The molecule has 0 atom stereocenters. The molecule has 0 unspecified atom stereocenters. The molecule has 0 aromatic heterocycles. The molecule has 0 heterocycles. The monoisotopic (exact) mass is 293 g/mol. The molecule has 3 N–H and O–H groups in total. The van der Waals surface area contributed by atoms with Crippen LogP contribution in [0.1, 0.15) is 11.1 Å². The van der Waals surface area contributed by atoms with Crippen molar-refractivity contribution >= 4 is 15.7 Å². The lowest BCUT2D eigenvalue weighted by Gasteiger charge is -2.10. The fourth-order valence-electron chi connectivity index (χ4n) is 1.68. The second-order valence-corrected chi connectivity index (χ2v) is 6.24. The van der Waals surface area contributed by atoms with E-state index in [4.69, 9.17) is 0 Å². The number of phenolic OH excluding ortho intramolecular Hbond substituents is 2. The molecule has 2 aromatic rings. The summed E-state index contributed by atoms with van der Waals surface area (Å²) in [5, 5.41) is 19.0. The summed E-state index contributed by atoms with van der Waals surface area (Å²) in [6, 6.07) is 8.57. The summed E-state index contributed by atoms with van der Waals surface area (Å²) in [7, 11) is -3.75. The Morgan fingerprint density at radius 2 is 1.60 bits per heavy atom. The molecule has 0 bridgehead atoms. The molecule has 20 heavy (non-hydrogen) atoms. The third kappa shape index (κ3) is 2.85. The van der Waals surface area contributed by atoms with Gasteiger partial charge in [0.05, 0.1) is 10.6 Å². The Balaban J connectivity index is 2.35. The highest BCUT2D eigenvalue weighted by Gasteiger charge is 2.15. The van der Waals surface area contributed by atoms with Gasteiger partial charge in [-0.1, -0.05) is 6.07 Å². The largest absolute Gasteiger partial charge is 0.508 e. The maximum atomic E-state index is 12.2. The zero-order valence-electron chi connectivity index (χ0n) is 11.1. The molecule has 0 radical (unpaired) electrons. The van der Waals surface area contributed by atoms with Crippen molar-refractivity contribution in [3.8, 4) is 11.5 Å². The van der Waals surface area contributed by atoms with E-state index in [9.17, 15) is 18.6 Å². The van der Waals surface area contributed by atoms with E-state index >= 15 is 0 Å². The van der Waals surface area contributed by atoms with Gasteiger partial charge in [0.25, 0.3) is 10.0 Å². The Labute approximate surface area is 117 Å². The minimum Gasteiger partial charge on any atom is -0.508 e. The average molecular weight is 293 g/mol. The van der Waals surface area contributed by atoms with E-state index in [-0.39, 0.29) is 22.1 Å². The van der Waals surface area contributed by atoms with Gasteiger partial charge in [0.15, 0.2) is 0 Å². The van der Waals surface area contributed by atoms with Gasteiger partial charge in [-0.2, -0.15) is 0 Å². The van der Waals surface area contributed by atoms with E-state index in [0.29, 0.717) is 11.1 Å². The summed E-state index contributed by atoms with van der Waals surface area (Å²) in [5.41, 5.74) is 1.41. The number of benzene rings is 2. The molecule has 0 amide bonds. The first-order chi connectivity index (χ1) is 9.29. The van der Waals surface area contributed by atoms with Gasteiger partial charge in [0.1, 0.15) is 11.5 Å². The van der Waals surface area contributed by atoms with E-state index in [1.54, 1.807) is 26.0 Å². The molecular formula is C14H15NO4S. The number of sulfonamides is 1. The fourth-order valence-corrected chi connectivity index (χ4v) is 2.82. The zero-order chi connectivity index (χ0) is 14.9. The lowest BCUT2D eigenvalue weighted by atomic mass is 10.2. The average Bonchev–Trinajstić information content (AvgIpc) is 2.37. The molecule has 0 aliphatic rings. The first-order valence-electron chi connectivity index (χ1n) is 5.91. The molecule has 5 nitrogen and oxygen atoms in total. The highest BCUT2D eigenvalue weighted by molar-refractivity contribution is 7.92. The predicted octanol–water partition coefficient (Wildman–Crippen LogP) is 2.52. The summed E-state index contributed by atoms with van der Waals surface area (Å²) < 4.78 is 26.8. The first kappa shape index (κ1) is 14.2. The highest BCUT2D eigenvalue weighted by Crippen LogP contribution is 2.25. The van der Waals surface area contributed by atoms with Gasteiger partial charge in [-0.25, -0.2) is 8.42 Å². The minimum absolute atomic E-state index is 0.0205. The molecule has 0 fully saturated rings. The van der Waals surface area contributed by atoms with Crippen LogP contribution in [0.3, 0.4) is 0 Å². The molecule has 2 aromatic carbocycles. The highest BCUT2D eigenvalue weighted by atomic mass is 32.2. The maximum absolute atomic E-state index is 12.2. The van der Waals surface area contributed by atoms with Crippen LogP contribution in [0.25, 0.3) is 0 Å². The molecule has 0 saturated heterocycles. The predicted molar refractivity (Wildman–Crippen MR) is 76.5 cm³/mol. The Kier molecular flexibility index (Phi) is 3.59. The second-order valence-electron chi connectivity index (χ2n) is 4.56. The summed E-state index contributed by atoms with van der Waals surface area (Å²) >= 11 is 0. The number of rotatable bonds is 3. The van der Waals surface area contributed by atoms with Crippen LogP contribution in [0, 0.1) is 13.8 Å². The summed E-state index contributed by atoms with van der Waals surface area (Å²) in [6.07, 6.45) is 0. The molecule has 0 spiro atoms. The lowest BCUT2D eigenvalue weighted by Crippen LogP contribution is -2.13. The SMILES string of the molecule is Cc1cc(S(=O)(=O)Nc2ccc(C)c(O)c2)ccc1O. The van der Waals surface area contributed by atoms with Crippen molar-refractivity contribution < 1.29 is 18.6 Å². The summed E-state index contributed by atoms with van der Waals surface area (Å²) in [5.74, 6) is 0.0593. The van der Waals surface area contributed by atoms with Crippen LogP contribution in [0.15, 0.2) is 41.3 Å². The van der Waals surface area contributed by atoms with Crippen LogP contribution in [0.5, 0.6) is 11.5 Å². The van der Waals surface area contributed by atoms with Crippen LogP contribution >= 0.6 is 0 Å². The van der Waals surface area contributed by atoms with Gasteiger partial charge in [-0.15, -0.1) is 0 Å². The van der Waals surface area contributed by atoms with Crippen molar-refractivity contribution in [2.45, 2.75) is 18.7 Å². The number of aromatic hydroxyl groups is 2. The van der Waals surface area contributed by atoms with E-state index in [2.05, 4.69) is 4.72 Å². The second kappa shape index (κ2) is 5.05. The van der Waals surface area contributed by atoms with Crippen LogP contribution in [0.2, 0.25) is 0 Å². The minimum atomic E-state index is -3.75. The van der Waals surface area contributed by atoms with Crippen LogP contribution in [0.4, 0.5) is 5.69 Å². The number of hydrogen-bond acceptors (Lipinski definition) is 4. The van der Waals surface area contributed by atoms with Crippen molar-refractivity contribution in [3.63, 3.8) is 0 Å². The fraction of sp³-hybridized carbons (Fsp3) is 0.143. The van der Waals surface area contributed by atoms with E-state index in [0.717, 1.165) is 0 Å². The molecule has 0 aliphatic heterocycles. The lowest BCUT2D eigenvalue weighted by molar-refractivity contribution is 0.470. The Bertz CT molecular complexity index is 754. The number of hydrogen-bond donors (Lipinski definition) is 3. The molecule has 6 heteroatoms. The Morgan fingerprint density at radius 1 is 0.900 bits per heavy atom. The summed E-state index contributed by atoms with van der Waals surface area (Å²) in [6.45, 7) is 3.34. The maximum Gasteiger partial charge on any atom is 0.261 e. The Hall–Kier alpha value is -2.21. The van der Waals surface area contributed by atoms with Crippen LogP contribution in [-0.2, 0) is 10.0 Å².